The molecule has 6 heteroatoms. The van der Waals surface area contributed by atoms with Gasteiger partial charge in [-0.2, -0.15) is 4.98 Å². The van der Waals surface area contributed by atoms with Crippen molar-refractivity contribution in [2.75, 3.05) is 23.8 Å². The lowest BCUT2D eigenvalue weighted by Crippen LogP contribution is -2.23. The summed E-state index contributed by atoms with van der Waals surface area (Å²) >= 11 is 0. The van der Waals surface area contributed by atoms with Crippen LogP contribution in [-0.4, -0.2) is 28.5 Å². The van der Waals surface area contributed by atoms with Crippen LogP contribution in [-0.2, 0) is 6.42 Å². The van der Waals surface area contributed by atoms with Gasteiger partial charge in [0.05, 0.1) is 0 Å². The molecular formula is C19H20FN5. The van der Waals surface area contributed by atoms with Gasteiger partial charge in [-0.15, -0.1) is 0 Å². The van der Waals surface area contributed by atoms with Gasteiger partial charge in [-0.25, -0.2) is 9.37 Å². The van der Waals surface area contributed by atoms with Crippen molar-refractivity contribution >= 4 is 17.5 Å². The summed E-state index contributed by atoms with van der Waals surface area (Å²) in [7, 11) is 1.96. The zero-order chi connectivity index (χ0) is 17.6. The summed E-state index contributed by atoms with van der Waals surface area (Å²) in [6, 6.07) is 12.1. The molecule has 0 spiro atoms. The van der Waals surface area contributed by atoms with E-state index in [4.69, 9.17) is 0 Å². The molecule has 0 saturated heterocycles. The fourth-order valence-electron chi connectivity index (χ4n) is 2.45. The van der Waals surface area contributed by atoms with Crippen LogP contribution in [0.3, 0.4) is 0 Å². The maximum absolute atomic E-state index is 13.3. The van der Waals surface area contributed by atoms with E-state index in [1.54, 1.807) is 24.5 Å². The average molecular weight is 337 g/mol. The number of halogens is 1. The molecule has 0 unspecified atom stereocenters. The Balaban J connectivity index is 1.72. The van der Waals surface area contributed by atoms with E-state index in [1.165, 1.54) is 17.7 Å². The molecule has 0 aliphatic carbocycles. The van der Waals surface area contributed by atoms with Crippen LogP contribution in [0.1, 0.15) is 11.3 Å². The zero-order valence-electron chi connectivity index (χ0n) is 14.3. The molecule has 1 aromatic carbocycles. The van der Waals surface area contributed by atoms with Crippen molar-refractivity contribution in [1.82, 2.24) is 15.0 Å². The third kappa shape index (κ3) is 4.73. The van der Waals surface area contributed by atoms with Crippen LogP contribution in [0.5, 0.6) is 0 Å². The summed E-state index contributed by atoms with van der Waals surface area (Å²) in [5, 5.41) is 3.13. The summed E-state index contributed by atoms with van der Waals surface area (Å²) in [6.45, 7) is 2.70. The van der Waals surface area contributed by atoms with Crippen LogP contribution in [0, 0.1) is 12.7 Å². The number of likely N-dealkylation sites (N-methyl/N-ethyl adjacent to an activating group) is 1. The maximum atomic E-state index is 13.3. The van der Waals surface area contributed by atoms with Crippen molar-refractivity contribution in [2.45, 2.75) is 13.3 Å². The second-order valence-electron chi connectivity index (χ2n) is 5.86. The minimum absolute atomic E-state index is 0.287. The van der Waals surface area contributed by atoms with E-state index in [-0.39, 0.29) is 5.82 Å². The van der Waals surface area contributed by atoms with Crippen molar-refractivity contribution in [3.05, 3.63) is 71.9 Å². The molecule has 0 aliphatic heterocycles. The Hall–Kier alpha value is -3.02. The summed E-state index contributed by atoms with van der Waals surface area (Å²) in [6.07, 6.45) is 4.46. The van der Waals surface area contributed by atoms with Crippen molar-refractivity contribution in [3.8, 4) is 0 Å². The van der Waals surface area contributed by atoms with E-state index in [9.17, 15) is 4.39 Å². The van der Waals surface area contributed by atoms with Gasteiger partial charge in [-0.1, -0.05) is 6.07 Å². The highest BCUT2D eigenvalue weighted by Crippen LogP contribution is 2.19. The molecule has 2 heterocycles. The molecule has 5 nitrogen and oxygen atoms in total. The third-order valence-corrected chi connectivity index (χ3v) is 3.77. The van der Waals surface area contributed by atoms with Crippen molar-refractivity contribution in [1.29, 1.82) is 0 Å². The SMILES string of the molecule is Cc1cc(Nc2cccc(F)c2)nc(N(C)CCc2ccncc2)n1. The molecule has 0 saturated carbocycles. The molecule has 0 amide bonds. The van der Waals surface area contributed by atoms with Gasteiger partial charge in [0, 0.05) is 43.4 Å². The Bertz CT molecular complexity index is 838. The monoisotopic (exact) mass is 337 g/mol. The molecule has 1 N–H and O–H groups in total. The van der Waals surface area contributed by atoms with Gasteiger partial charge < -0.3 is 10.2 Å². The maximum Gasteiger partial charge on any atom is 0.227 e. The molecule has 0 bridgehead atoms. The van der Waals surface area contributed by atoms with Crippen LogP contribution in [0.15, 0.2) is 54.9 Å². The molecule has 128 valence electrons. The van der Waals surface area contributed by atoms with E-state index in [2.05, 4.69) is 20.3 Å². The number of hydrogen-bond donors (Lipinski definition) is 1. The van der Waals surface area contributed by atoms with Crippen LogP contribution in [0.25, 0.3) is 0 Å². The van der Waals surface area contributed by atoms with Gasteiger partial charge >= 0.3 is 0 Å². The lowest BCUT2D eigenvalue weighted by molar-refractivity contribution is 0.628. The highest BCUT2D eigenvalue weighted by Gasteiger charge is 2.08. The Morgan fingerprint density at radius 2 is 1.88 bits per heavy atom. The number of rotatable bonds is 6. The van der Waals surface area contributed by atoms with Gasteiger partial charge in [0.15, 0.2) is 0 Å². The Kier molecular flexibility index (Phi) is 5.18. The first kappa shape index (κ1) is 16.8. The molecule has 25 heavy (non-hydrogen) atoms. The summed E-state index contributed by atoms with van der Waals surface area (Å²) < 4.78 is 13.3. The van der Waals surface area contributed by atoms with E-state index < -0.39 is 0 Å². The number of nitrogens with zero attached hydrogens (tertiary/aromatic N) is 4. The first-order valence-corrected chi connectivity index (χ1v) is 8.08. The van der Waals surface area contributed by atoms with Crippen LogP contribution in [0.2, 0.25) is 0 Å². The van der Waals surface area contributed by atoms with Gasteiger partial charge in [0.25, 0.3) is 0 Å². The molecule has 0 aliphatic rings. The minimum Gasteiger partial charge on any atom is -0.343 e. The zero-order valence-corrected chi connectivity index (χ0v) is 14.3. The van der Waals surface area contributed by atoms with Crippen LogP contribution < -0.4 is 10.2 Å². The number of hydrogen-bond acceptors (Lipinski definition) is 5. The van der Waals surface area contributed by atoms with Crippen molar-refractivity contribution < 1.29 is 4.39 Å². The first-order valence-electron chi connectivity index (χ1n) is 8.08. The molecule has 3 rings (SSSR count). The van der Waals surface area contributed by atoms with Gasteiger partial charge in [0.2, 0.25) is 5.95 Å². The second-order valence-corrected chi connectivity index (χ2v) is 5.86. The average Bonchev–Trinajstić information content (AvgIpc) is 2.60. The first-order chi connectivity index (χ1) is 12.1. The number of nitrogens with one attached hydrogen (secondary N) is 1. The van der Waals surface area contributed by atoms with Gasteiger partial charge in [-0.3, -0.25) is 4.98 Å². The summed E-state index contributed by atoms with van der Waals surface area (Å²) in [5.41, 5.74) is 2.72. The molecule has 3 aromatic rings. The molecule has 0 atom stereocenters. The van der Waals surface area contributed by atoms with E-state index >= 15 is 0 Å². The van der Waals surface area contributed by atoms with Crippen molar-refractivity contribution in [2.24, 2.45) is 0 Å². The van der Waals surface area contributed by atoms with Gasteiger partial charge in [-0.05, 0) is 49.2 Å². The lowest BCUT2D eigenvalue weighted by Gasteiger charge is -2.18. The standard InChI is InChI=1S/C19H20FN5/c1-14-12-18(23-17-5-3-4-16(20)13-17)24-19(22-14)25(2)11-8-15-6-9-21-10-7-15/h3-7,9-10,12-13H,8,11H2,1-2H3,(H,22,23,24). The number of pyridine rings is 1. The fourth-order valence-corrected chi connectivity index (χ4v) is 2.45. The minimum atomic E-state index is -0.287. The topological polar surface area (TPSA) is 53.9 Å². The molecule has 0 fully saturated rings. The molecule has 2 aromatic heterocycles. The Labute approximate surface area is 146 Å². The largest absolute Gasteiger partial charge is 0.343 e. The van der Waals surface area contributed by atoms with Gasteiger partial charge in [0.1, 0.15) is 11.6 Å². The molecule has 0 radical (unpaired) electrons. The molecular weight excluding hydrogens is 317 g/mol. The predicted octanol–water partition coefficient (Wildman–Crippen LogP) is 3.74. The number of benzene rings is 1. The van der Waals surface area contributed by atoms with E-state index in [0.717, 1.165) is 18.7 Å². The highest BCUT2D eigenvalue weighted by atomic mass is 19.1. The Morgan fingerprint density at radius 1 is 1.08 bits per heavy atom. The third-order valence-electron chi connectivity index (χ3n) is 3.77. The van der Waals surface area contributed by atoms with E-state index in [1.807, 2.05) is 37.1 Å². The lowest BCUT2D eigenvalue weighted by atomic mass is 10.2. The number of aromatic nitrogens is 3. The highest BCUT2D eigenvalue weighted by molar-refractivity contribution is 5.57. The smallest absolute Gasteiger partial charge is 0.227 e. The van der Waals surface area contributed by atoms with E-state index in [0.29, 0.717) is 17.5 Å². The van der Waals surface area contributed by atoms with Crippen LogP contribution in [0.4, 0.5) is 21.8 Å². The quantitative estimate of drug-likeness (QED) is 0.742. The number of aryl methyl sites for hydroxylation is 1. The van der Waals surface area contributed by atoms with Crippen molar-refractivity contribution in [3.63, 3.8) is 0 Å². The predicted molar refractivity (Wildman–Crippen MR) is 97.7 cm³/mol. The Morgan fingerprint density at radius 3 is 2.64 bits per heavy atom. The normalized spacial score (nSPS) is 10.5. The van der Waals surface area contributed by atoms with Crippen LogP contribution >= 0.6 is 0 Å². The summed E-state index contributed by atoms with van der Waals surface area (Å²) in [5.74, 6) is 0.988. The number of anilines is 3. The second kappa shape index (κ2) is 7.70. The fraction of sp³-hybridized carbons (Fsp3) is 0.211. The summed E-state index contributed by atoms with van der Waals surface area (Å²) in [4.78, 5) is 15.1.